The number of ether oxygens (including phenoxy) is 9. The van der Waals surface area contributed by atoms with Crippen molar-refractivity contribution in [2.45, 2.75) is 50.3 Å². The van der Waals surface area contributed by atoms with Crippen LogP contribution in [0.5, 0.6) is 11.5 Å². The molecule has 3 rings (SSSR count). The molecule has 5 atom stereocenters. The third-order valence-electron chi connectivity index (χ3n) is 5.74. The van der Waals surface area contributed by atoms with E-state index in [0.717, 1.165) is 27.4 Å². The largest absolute Gasteiger partial charge is 0.513 e. The molecule has 0 aromatic heterocycles. The maximum atomic E-state index is 13.3. The van der Waals surface area contributed by atoms with Crippen molar-refractivity contribution >= 4 is 30.2 Å². The van der Waals surface area contributed by atoms with Gasteiger partial charge in [0.05, 0.1) is 34.5 Å². The maximum Gasteiger partial charge on any atom is 0.513 e. The molecule has 0 unspecified atom stereocenters. The molecule has 1 aromatic carbocycles. The van der Waals surface area contributed by atoms with Crippen molar-refractivity contribution in [2.24, 2.45) is 0 Å². The van der Waals surface area contributed by atoms with Gasteiger partial charge in [-0.05, 0) is 19.1 Å². The van der Waals surface area contributed by atoms with Crippen LogP contribution >= 0.6 is 0 Å². The van der Waals surface area contributed by atoms with Gasteiger partial charge >= 0.3 is 24.4 Å². The maximum absolute atomic E-state index is 13.3. The molecule has 0 N–H and O–H groups in total. The summed E-state index contributed by atoms with van der Waals surface area (Å²) < 4.78 is 45.8. The third kappa shape index (κ3) is 7.37. The van der Waals surface area contributed by atoms with Gasteiger partial charge in [-0.3, -0.25) is 4.79 Å². The first-order valence-corrected chi connectivity index (χ1v) is 11.7. The number of cyclic esters (lactones) is 1. The van der Waals surface area contributed by atoms with Gasteiger partial charge in [0.2, 0.25) is 6.10 Å². The van der Waals surface area contributed by atoms with Crippen LogP contribution in [0, 0.1) is 0 Å². The Morgan fingerprint density at radius 2 is 1.59 bits per heavy atom. The Morgan fingerprint density at radius 3 is 2.23 bits per heavy atom. The number of carbonyl (C=O) groups excluding carboxylic acids is 5. The van der Waals surface area contributed by atoms with E-state index < -0.39 is 60.7 Å². The molecular weight excluding hydrogens is 524 g/mol. The monoisotopic (exact) mass is 552 g/mol. The van der Waals surface area contributed by atoms with Crippen molar-refractivity contribution in [3.63, 3.8) is 0 Å². The predicted octanol–water partition coefficient (Wildman–Crippen LogP) is 3.05. The van der Waals surface area contributed by atoms with E-state index in [2.05, 4.69) is 14.2 Å². The molecule has 0 spiro atoms. The molecule has 14 heteroatoms. The van der Waals surface area contributed by atoms with Gasteiger partial charge in [0, 0.05) is 24.5 Å². The average Bonchev–Trinajstić information content (AvgIpc) is 3.68. The zero-order valence-electron chi connectivity index (χ0n) is 21.8. The van der Waals surface area contributed by atoms with Gasteiger partial charge in [0.1, 0.15) is 23.5 Å². The average molecular weight is 552 g/mol. The molecule has 1 fully saturated rings. The smallest absolute Gasteiger partial charge is 0.497 e. The minimum absolute atomic E-state index is 0.0756. The zero-order valence-corrected chi connectivity index (χ0v) is 21.8. The number of hydrogen-bond acceptors (Lipinski definition) is 14. The second kappa shape index (κ2) is 13.0. The Kier molecular flexibility index (Phi) is 9.71. The first-order valence-electron chi connectivity index (χ1n) is 11.7. The van der Waals surface area contributed by atoms with Crippen LogP contribution in [-0.4, -0.2) is 83.1 Å². The summed E-state index contributed by atoms with van der Waals surface area (Å²) in [6.45, 7) is 1.57. The lowest BCUT2D eigenvalue weighted by molar-refractivity contribution is -0.131. The van der Waals surface area contributed by atoms with Gasteiger partial charge < -0.3 is 42.6 Å². The number of methoxy groups -OCH3 is 4. The van der Waals surface area contributed by atoms with Crippen molar-refractivity contribution in [1.82, 2.24) is 0 Å². The highest BCUT2D eigenvalue weighted by Gasteiger charge is 2.48. The van der Waals surface area contributed by atoms with Crippen molar-refractivity contribution in [2.75, 3.05) is 28.4 Å². The van der Waals surface area contributed by atoms with Crippen LogP contribution in [0.3, 0.4) is 0 Å². The Labute approximate surface area is 222 Å². The number of hydrogen-bond donors (Lipinski definition) is 0. The number of epoxide rings is 1. The minimum Gasteiger partial charge on any atom is -0.497 e. The number of carbonyl (C=O) groups is 5. The molecule has 1 aromatic rings. The summed E-state index contributed by atoms with van der Waals surface area (Å²) in [5.41, 5.74) is 0.113. The molecular formula is C25H28O14. The van der Waals surface area contributed by atoms with Crippen LogP contribution in [0.1, 0.15) is 41.8 Å². The molecule has 212 valence electrons. The fourth-order valence-electron chi connectivity index (χ4n) is 3.84. The molecule has 0 aliphatic carbocycles. The van der Waals surface area contributed by atoms with Gasteiger partial charge in [-0.15, -0.1) is 0 Å². The second-order valence-electron chi connectivity index (χ2n) is 8.34. The highest BCUT2D eigenvalue weighted by Crippen LogP contribution is 2.47. The summed E-state index contributed by atoms with van der Waals surface area (Å²) in [5.74, 6) is -1.54. The number of ketones is 1. The van der Waals surface area contributed by atoms with Crippen molar-refractivity contribution < 1.29 is 66.6 Å². The fraction of sp³-hybridized carbons (Fsp3) is 0.480. The molecule has 0 amide bonds. The lowest BCUT2D eigenvalue weighted by Crippen LogP contribution is -2.41. The van der Waals surface area contributed by atoms with E-state index in [1.165, 1.54) is 25.3 Å². The first kappa shape index (κ1) is 29.2. The van der Waals surface area contributed by atoms with Crippen LogP contribution in [0.15, 0.2) is 24.3 Å². The molecule has 0 radical (unpaired) electrons. The van der Waals surface area contributed by atoms with Crippen LogP contribution in [0.4, 0.5) is 14.4 Å². The van der Waals surface area contributed by atoms with Gasteiger partial charge in [0.15, 0.2) is 17.6 Å². The number of benzene rings is 1. The second-order valence-corrected chi connectivity index (χ2v) is 8.34. The van der Waals surface area contributed by atoms with E-state index in [4.69, 9.17) is 28.4 Å². The quantitative estimate of drug-likeness (QED) is 0.231. The van der Waals surface area contributed by atoms with Crippen molar-refractivity contribution in [3.8, 4) is 11.5 Å². The Hall–Kier alpha value is -4.33. The molecule has 2 heterocycles. The summed E-state index contributed by atoms with van der Waals surface area (Å²) in [7, 11) is 4.59. The van der Waals surface area contributed by atoms with E-state index >= 15 is 0 Å². The topological polar surface area (TPSA) is 172 Å². The normalized spacial score (nSPS) is 25.3. The minimum atomic E-state index is -1.61. The summed E-state index contributed by atoms with van der Waals surface area (Å²) in [5, 5.41) is 0. The fourth-order valence-corrected chi connectivity index (χ4v) is 3.84. The van der Waals surface area contributed by atoms with Crippen LogP contribution in [0.2, 0.25) is 0 Å². The lowest BCUT2D eigenvalue weighted by Gasteiger charge is -2.24. The molecule has 1 saturated heterocycles. The first-order chi connectivity index (χ1) is 18.6. The Morgan fingerprint density at radius 1 is 0.923 bits per heavy atom. The molecule has 2 aliphatic rings. The van der Waals surface area contributed by atoms with E-state index in [0.29, 0.717) is 0 Å². The van der Waals surface area contributed by atoms with E-state index in [1.807, 2.05) is 0 Å². The van der Waals surface area contributed by atoms with Crippen LogP contribution in [-0.2, 0) is 38.0 Å². The molecule has 14 nitrogen and oxygen atoms in total. The van der Waals surface area contributed by atoms with E-state index in [9.17, 15) is 24.0 Å². The molecule has 0 saturated carbocycles. The molecule has 0 bridgehead atoms. The number of esters is 1. The van der Waals surface area contributed by atoms with E-state index in [-0.39, 0.29) is 35.5 Å². The summed E-state index contributed by atoms with van der Waals surface area (Å²) in [6, 6.07) is 2.80. The third-order valence-corrected chi connectivity index (χ3v) is 5.74. The number of fused-ring (bicyclic) bond motifs is 3. The Bertz CT molecular complexity index is 1140. The van der Waals surface area contributed by atoms with E-state index in [1.54, 1.807) is 6.92 Å². The summed E-state index contributed by atoms with van der Waals surface area (Å²) in [4.78, 5) is 62.1. The van der Waals surface area contributed by atoms with Crippen LogP contribution in [0.25, 0.3) is 0 Å². The standard InChI is InChI=1S/C25H28O14/c1-12-7-6-8-15(26)21(39-25(30)34-5)18(38-24(29)33-4)11-17-20(36-17)14-9-13(31-2)10-16(37-23(28)32-3)19(14)22(27)35-12/h6,8-10,12,17-18,20-21H,7,11H2,1-5H3/b8-6-/t12-,17+,18-,20+,21+/m0/s1. The highest BCUT2D eigenvalue weighted by molar-refractivity contribution is 5.96. The summed E-state index contributed by atoms with van der Waals surface area (Å²) >= 11 is 0. The highest BCUT2D eigenvalue weighted by atomic mass is 16.8. The predicted molar refractivity (Wildman–Crippen MR) is 126 cm³/mol. The Balaban J connectivity index is 2.09. The van der Waals surface area contributed by atoms with Gasteiger partial charge in [0.25, 0.3) is 0 Å². The SMILES string of the molecule is COC(=O)Oc1cc(OC)cc2c1C(=O)O[C@@H](C)C/C=C\C(=O)[C@@H](OC(=O)OC)[C@@H](OC(=O)OC)C[C@H]1O[C@H]21. The van der Waals surface area contributed by atoms with Crippen molar-refractivity contribution in [3.05, 3.63) is 35.4 Å². The summed E-state index contributed by atoms with van der Waals surface area (Å²) in [6.07, 6.45) is -6.31. The number of rotatable bonds is 4. The van der Waals surface area contributed by atoms with Gasteiger partial charge in [-0.1, -0.05) is 6.08 Å². The van der Waals surface area contributed by atoms with Crippen molar-refractivity contribution in [1.29, 1.82) is 0 Å². The molecule has 2 aliphatic heterocycles. The zero-order chi connectivity index (χ0) is 28.7. The van der Waals surface area contributed by atoms with Crippen LogP contribution < -0.4 is 9.47 Å². The van der Waals surface area contributed by atoms with Gasteiger partial charge in [-0.25, -0.2) is 19.2 Å². The van der Waals surface area contributed by atoms with Gasteiger partial charge in [-0.2, -0.15) is 0 Å². The lowest BCUT2D eigenvalue weighted by atomic mass is 9.96. The molecule has 39 heavy (non-hydrogen) atoms.